The van der Waals surface area contributed by atoms with E-state index in [0.29, 0.717) is 68.6 Å². The van der Waals surface area contributed by atoms with Crippen molar-refractivity contribution in [3.8, 4) is 171 Å². The molecule has 6 heterocycles. The number of nitriles is 4. The number of hydrogen-bond acceptors (Lipinski definition) is 10. The monoisotopic (exact) mass is 1810 g/mol. The summed E-state index contributed by atoms with van der Waals surface area (Å²) < 4.78 is 9.25. The Morgan fingerprint density at radius 3 is 0.873 bits per heavy atom. The van der Waals surface area contributed by atoms with Crippen molar-refractivity contribution in [2.45, 2.75) is 0 Å². The molecule has 0 fully saturated rings. The van der Waals surface area contributed by atoms with Crippen LogP contribution in [0, 0.1) is 58.5 Å². The van der Waals surface area contributed by atoms with E-state index < -0.39 is 0 Å². The SMILES string of the molecule is [C-]#[N+]c1cc(C#N)cc(-c2ccc3c(c2)c2ccccc2n3-c2ccc(-c3cccc4c5ccccc5n(-c5ccccc5)c34)cc2-c2nc(-c3ccccc3)nc(-c3ccccc3)n2)c1.[C-]#[N+]c1cc(C#N)cc(-c2ccc3c4ccc(-c5cc(C#N)cc(C#N)c5)cc4n(-c4ccc(-c5cccc6c7ccccc7n(-c7ccccc7)c56)cc4-c4nc(-c5ccccc5)nc(-c5ccccc5)n4)c3c2)c1. The quantitative estimate of drug-likeness (QED) is 0.0889. The average Bonchev–Trinajstić information content (AvgIpc) is 1.56. The molecule has 0 aliphatic carbocycles. The summed E-state index contributed by atoms with van der Waals surface area (Å²) in [5.41, 5.74) is 28.2. The van der Waals surface area contributed by atoms with E-state index in [1.54, 1.807) is 30.3 Å². The number of hydrogen-bond donors (Lipinski definition) is 0. The first-order valence-corrected chi connectivity index (χ1v) is 46.2. The number of fused-ring (bicyclic) bond motifs is 12. The fourth-order valence-electron chi connectivity index (χ4n) is 20.0. The molecule has 0 N–H and O–H groups in total. The number of nitrogens with zero attached hydrogens (tertiary/aromatic N) is 16. The molecule has 0 saturated heterocycles. The van der Waals surface area contributed by atoms with E-state index in [1.165, 1.54) is 5.39 Å². The van der Waals surface area contributed by atoms with Crippen LogP contribution in [0.2, 0.25) is 0 Å². The molecule has 16 nitrogen and oxygen atoms in total. The van der Waals surface area contributed by atoms with E-state index in [4.69, 9.17) is 43.0 Å². The van der Waals surface area contributed by atoms with Crippen molar-refractivity contribution >= 4 is 98.6 Å². The standard InChI is InChI=1S/C67H37N9.C59H35N7/c1-71-52-34-44(41-70)33-51(35-52)48-25-28-57-56-27-24-47(50-31-42(39-68)30-43(32-50)40-69)37-62(56)76(63(57)38-48)61-29-26-49(54-21-13-22-58-55-20-11-12-23-60(55)75(64(54)58)53-18-9-4-10-19-53)36-59(61)67-73-65(45-14-5-2-6-15-45)72-66(74-67)46-16-7-3-8-17-46;1-61-44-33-38(37-60)32-43(34-44)41-28-30-54-50(35-41)48-23-12-14-27-53(48)66(54)55-31-29-42(46-24-15-25-49-47-22-11-13-26-52(47)65(56(46)49)45-20-9-4-10-21-45)36-51(55)59-63-57(39-16-5-2-6-17-39)62-58(64-59)40-18-7-3-8-19-40/h2-38H;2-36H. The predicted molar refractivity (Wildman–Crippen MR) is 568 cm³/mol. The normalized spacial score (nSPS) is 11.2. The number of para-hydroxylation sites is 7. The van der Waals surface area contributed by atoms with Gasteiger partial charge in [-0.1, -0.05) is 291 Å². The van der Waals surface area contributed by atoms with Gasteiger partial charge in [0, 0.05) is 110 Å². The van der Waals surface area contributed by atoms with Crippen molar-refractivity contribution in [2.75, 3.05) is 0 Å². The van der Waals surface area contributed by atoms with Gasteiger partial charge in [0.1, 0.15) is 0 Å². The first kappa shape index (κ1) is 84.3. The lowest BCUT2D eigenvalue weighted by Crippen LogP contribution is -2.04. The first-order chi connectivity index (χ1) is 70.1. The topological polar surface area (TPSA) is 201 Å². The van der Waals surface area contributed by atoms with Gasteiger partial charge in [-0.3, -0.25) is 0 Å². The second kappa shape index (κ2) is 35.6. The van der Waals surface area contributed by atoms with Gasteiger partial charge < -0.3 is 18.3 Å². The van der Waals surface area contributed by atoms with Crippen LogP contribution in [-0.4, -0.2) is 48.2 Å². The van der Waals surface area contributed by atoms with Crippen LogP contribution in [-0.2, 0) is 0 Å². The van der Waals surface area contributed by atoms with Crippen molar-refractivity contribution in [3.63, 3.8) is 0 Å². The highest BCUT2D eigenvalue weighted by Crippen LogP contribution is 2.48. The third-order valence-electron chi connectivity index (χ3n) is 26.4. The van der Waals surface area contributed by atoms with Gasteiger partial charge in [-0.2, -0.15) is 21.0 Å². The van der Waals surface area contributed by atoms with Crippen LogP contribution in [0.4, 0.5) is 11.4 Å². The Bertz CT molecular complexity index is 9400. The Morgan fingerprint density at radius 1 is 0.190 bits per heavy atom. The van der Waals surface area contributed by atoms with Gasteiger partial charge in [0.2, 0.25) is 0 Å². The lowest BCUT2D eigenvalue weighted by atomic mass is 9.98. The maximum atomic E-state index is 10.1. The lowest BCUT2D eigenvalue weighted by molar-refractivity contribution is 1.06. The first-order valence-electron chi connectivity index (χ1n) is 46.2. The van der Waals surface area contributed by atoms with Crippen LogP contribution < -0.4 is 0 Å². The van der Waals surface area contributed by atoms with Crippen LogP contribution in [0.25, 0.3) is 244 Å². The molecule has 6 aromatic heterocycles. The molecule has 0 bridgehead atoms. The third-order valence-corrected chi connectivity index (χ3v) is 26.4. The van der Waals surface area contributed by atoms with E-state index in [2.05, 4.69) is 295 Å². The highest BCUT2D eigenvalue weighted by atomic mass is 15.1. The van der Waals surface area contributed by atoms with Crippen LogP contribution in [0.3, 0.4) is 0 Å². The molecule has 0 amide bonds. The van der Waals surface area contributed by atoms with Crippen molar-refractivity contribution in [1.82, 2.24) is 48.2 Å². The van der Waals surface area contributed by atoms with Crippen molar-refractivity contribution in [3.05, 3.63) is 482 Å². The summed E-state index contributed by atoms with van der Waals surface area (Å²) in [4.78, 5) is 39.0. The van der Waals surface area contributed by atoms with Crippen LogP contribution >= 0.6 is 0 Å². The summed E-state index contributed by atoms with van der Waals surface area (Å²) >= 11 is 0. The van der Waals surface area contributed by atoms with Crippen LogP contribution in [0.1, 0.15) is 22.3 Å². The zero-order chi connectivity index (χ0) is 95.4. The second-order valence-corrected chi connectivity index (χ2v) is 34.7. The zero-order valence-corrected chi connectivity index (χ0v) is 75.7. The van der Waals surface area contributed by atoms with E-state index in [0.717, 1.165) is 194 Å². The molecule has 25 rings (SSSR count). The van der Waals surface area contributed by atoms with Gasteiger partial charge >= 0.3 is 0 Å². The summed E-state index contributed by atoms with van der Waals surface area (Å²) in [7, 11) is 0. The fraction of sp³-hybridized carbons (Fsp3) is 0. The van der Waals surface area contributed by atoms with Gasteiger partial charge in [0.15, 0.2) is 46.3 Å². The Morgan fingerprint density at radius 2 is 0.486 bits per heavy atom. The molecule has 19 aromatic carbocycles. The highest BCUT2D eigenvalue weighted by molar-refractivity contribution is 6.17. The van der Waals surface area contributed by atoms with E-state index in [-0.39, 0.29) is 0 Å². The summed E-state index contributed by atoms with van der Waals surface area (Å²) in [5, 5.41) is 48.6. The second-order valence-electron chi connectivity index (χ2n) is 34.7. The van der Waals surface area contributed by atoms with E-state index >= 15 is 0 Å². The predicted octanol–water partition coefficient (Wildman–Crippen LogP) is 31.1. The van der Waals surface area contributed by atoms with E-state index in [9.17, 15) is 21.0 Å². The van der Waals surface area contributed by atoms with Crippen molar-refractivity contribution < 1.29 is 0 Å². The van der Waals surface area contributed by atoms with Gasteiger partial charge in [0.05, 0.1) is 104 Å². The highest BCUT2D eigenvalue weighted by Gasteiger charge is 2.28. The lowest BCUT2D eigenvalue weighted by Gasteiger charge is -2.18. The minimum Gasteiger partial charge on any atom is -0.309 e. The van der Waals surface area contributed by atoms with Gasteiger partial charge in [-0.05, 0) is 190 Å². The Balaban J connectivity index is 0.000000155. The zero-order valence-electron chi connectivity index (χ0n) is 75.7. The van der Waals surface area contributed by atoms with Gasteiger partial charge in [-0.25, -0.2) is 39.6 Å². The van der Waals surface area contributed by atoms with Crippen LogP contribution in [0.15, 0.2) is 437 Å². The Kier molecular flexibility index (Phi) is 21.2. The molecule has 142 heavy (non-hydrogen) atoms. The number of benzene rings is 19. The van der Waals surface area contributed by atoms with Crippen LogP contribution in [0.5, 0.6) is 0 Å². The molecule has 0 atom stereocenters. The molecule has 0 spiro atoms. The average molecular weight is 1810 g/mol. The Hall–Kier alpha value is -20.7. The molecule has 16 heteroatoms. The van der Waals surface area contributed by atoms with Crippen molar-refractivity contribution in [1.29, 1.82) is 21.0 Å². The maximum Gasteiger partial charge on any atom is 0.189 e. The molecule has 656 valence electrons. The summed E-state index contributed by atoms with van der Waals surface area (Å²) in [6, 6.07) is 156. The molecule has 0 aliphatic heterocycles. The van der Waals surface area contributed by atoms with Crippen molar-refractivity contribution in [2.24, 2.45) is 0 Å². The number of rotatable bonds is 15. The molecular formula is C126H72N16. The summed E-state index contributed by atoms with van der Waals surface area (Å²) in [6.45, 7) is 15.6. The van der Waals surface area contributed by atoms with E-state index in [1.807, 2.05) is 164 Å². The molecule has 0 saturated carbocycles. The van der Waals surface area contributed by atoms with Gasteiger partial charge in [-0.15, -0.1) is 0 Å². The Labute approximate surface area is 815 Å². The fourth-order valence-corrected chi connectivity index (χ4v) is 20.0. The molecular weight excluding hydrogens is 1740 g/mol. The molecule has 0 radical (unpaired) electrons. The minimum atomic E-state index is 0.369. The van der Waals surface area contributed by atoms with Gasteiger partial charge in [0.25, 0.3) is 0 Å². The molecule has 0 aliphatic rings. The smallest absolute Gasteiger partial charge is 0.189 e. The number of aromatic nitrogens is 10. The third kappa shape index (κ3) is 15.0. The maximum absolute atomic E-state index is 10.1. The summed E-state index contributed by atoms with van der Waals surface area (Å²) in [5.74, 6) is 3.17. The summed E-state index contributed by atoms with van der Waals surface area (Å²) in [6.07, 6.45) is 0. The minimum absolute atomic E-state index is 0.369. The largest absolute Gasteiger partial charge is 0.309 e. The molecule has 0 unspecified atom stereocenters. The molecule has 25 aromatic rings.